The fraction of sp³-hybridized carbons (Fsp3) is 0.188. The molecule has 0 fully saturated rings. The van der Waals surface area contributed by atoms with E-state index in [4.69, 9.17) is 0 Å². The predicted octanol–water partition coefficient (Wildman–Crippen LogP) is 2.60. The molecule has 0 aliphatic rings. The molecule has 0 saturated heterocycles. The lowest BCUT2D eigenvalue weighted by atomic mass is 10.2. The lowest BCUT2D eigenvalue weighted by Gasteiger charge is -2.10. The number of rotatable bonds is 5. The van der Waals surface area contributed by atoms with Crippen molar-refractivity contribution in [3.05, 3.63) is 60.0 Å². The molecule has 2 heterocycles. The van der Waals surface area contributed by atoms with Crippen molar-refractivity contribution in [3.8, 4) is 5.75 Å². The van der Waals surface area contributed by atoms with Gasteiger partial charge in [0.1, 0.15) is 11.3 Å². The first-order valence-corrected chi connectivity index (χ1v) is 7.27. The summed E-state index contributed by atoms with van der Waals surface area (Å²) < 4.78 is 42.7. The van der Waals surface area contributed by atoms with Gasteiger partial charge in [0.2, 0.25) is 0 Å². The normalized spacial score (nSPS) is 11.5. The summed E-state index contributed by atoms with van der Waals surface area (Å²) in [4.78, 5) is 16.3. The van der Waals surface area contributed by atoms with Crippen molar-refractivity contribution in [1.82, 2.24) is 19.9 Å². The SMILES string of the molecule is O=C(NCc1cccc(OCC(F)(F)F)c1)c1cnn2cccnc12. The third-order valence-electron chi connectivity index (χ3n) is 3.28. The summed E-state index contributed by atoms with van der Waals surface area (Å²) in [6.07, 6.45) is 0.219. The zero-order valence-electron chi connectivity index (χ0n) is 12.8. The van der Waals surface area contributed by atoms with Crippen LogP contribution in [0.25, 0.3) is 5.65 Å². The Hall–Kier alpha value is -3.10. The van der Waals surface area contributed by atoms with Gasteiger partial charge in [-0.1, -0.05) is 12.1 Å². The topological polar surface area (TPSA) is 68.5 Å². The maximum Gasteiger partial charge on any atom is 0.422 e. The molecular weight excluding hydrogens is 337 g/mol. The molecule has 9 heteroatoms. The second kappa shape index (κ2) is 6.80. The van der Waals surface area contributed by atoms with E-state index in [-0.39, 0.29) is 18.2 Å². The molecule has 1 amide bonds. The average Bonchev–Trinajstić information content (AvgIpc) is 3.02. The van der Waals surface area contributed by atoms with Gasteiger partial charge in [0.15, 0.2) is 12.3 Å². The summed E-state index contributed by atoms with van der Waals surface area (Å²) in [5, 5.41) is 6.71. The Morgan fingerprint density at radius 3 is 2.92 bits per heavy atom. The van der Waals surface area contributed by atoms with Gasteiger partial charge in [-0.15, -0.1) is 0 Å². The van der Waals surface area contributed by atoms with Crippen LogP contribution in [0.1, 0.15) is 15.9 Å². The first kappa shape index (κ1) is 16.7. The molecule has 25 heavy (non-hydrogen) atoms. The van der Waals surface area contributed by atoms with Crippen LogP contribution in [0.2, 0.25) is 0 Å². The van der Waals surface area contributed by atoms with Crippen LogP contribution in [0.15, 0.2) is 48.9 Å². The minimum absolute atomic E-state index is 0.0849. The summed E-state index contributed by atoms with van der Waals surface area (Å²) in [7, 11) is 0. The number of carbonyl (C=O) groups is 1. The Labute approximate surface area is 140 Å². The van der Waals surface area contributed by atoms with E-state index in [2.05, 4.69) is 20.1 Å². The number of fused-ring (bicyclic) bond motifs is 1. The summed E-state index contributed by atoms with van der Waals surface area (Å²) in [5.41, 5.74) is 1.34. The Balaban J connectivity index is 1.64. The molecule has 130 valence electrons. The number of carbonyl (C=O) groups excluding carboxylic acids is 1. The number of amides is 1. The lowest BCUT2D eigenvalue weighted by molar-refractivity contribution is -0.153. The maximum atomic E-state index is 12.3. The molecule has 0 saturated carbocycles. The highest BCUT2D eigenvalue weighted by atomic mass is 19.4. The number of benzene rings is 1. The second-order valence-corrected chi connectivity index (χ2v) is 5.18. The zero-order chi connectivity index (χ0) is 17.9. The van der Waals surface area contributed by atoms with E-state index in [0.717, 1.165) is 0 Å². The molecule has 3 rings (SSSR count). The van der Waals surface area contributed by atoms with Gasteiger partial charge in [-0.05, 0) is 23.8 Å². The van der Waals surface area contributed by atoms with Gasteiger partial charge >= 0.3 is 6.18 Å². The Bertz CT molecular complexity index is 892. The fourth-order valence-electron chi connectivity index (χ4n) is 2.18. The molecule has 0 radical (unpaired) electrons. The summed E-state index contributed by atoms with van der Waals surface area (Å²) >= 11 is 0. The molecule has 6 nitrogen and oxygen atoms in total. The molecule has 2 aromatic heterocycles. The van der Waals surface area contributed by atoms with Crippen LogP contribution in [0, 0.1) is 0 Å². The third-order valence-corrected chi connectivity index (χ3v) is 3.28. The van der Waals surface area contributed by atoms with E-state index in [9.17, 15) is 18.0 Å². The van der Waals surface area contributed by atoms with Crippen molar-refractivity contribution in [2.75, 3.05) is 6.61 Å². The number of nitrogens with zero attached hydrogens (tertiary/aromatic N) is 3. The highest BCUT2D eigenvalue weighted by Gasteiger charge is 2.28. The molecular formula is C16H13F3N4O2. The van der Waals surface area contributed by atoms with Crippen LogP contribution in [0.3, 0.4) is 0 Å². The lowest BCUT2D eigenvalue weighted by Crippen LogP contribution is -2.23. The molecule has 1 aromatic carbocycles. The van der Waals surface area contributed by atoms with Crippen molar-refractivity contribution in [3.63, 3.8) is 0 Å². The van der Waals surface area contributed by atoms with Gasteiger partial charge in [-0.25, -0.2) is 9.50 Å². The standard InChI is InChI=1S/C16H13F3N4O2/c17-16(18,19)10-25-12-4-1-3-11(7-12)8-21-15(24)13-9-22-23-6-2-5-20-14(13)23/h1-7,9H,8,10H2,(H,21,24). The number of aromatic nitrogens is 3. The van der Waals surface area contributed by atoms with Crippen LogP contribution in [-0.4, -0.2) is 33.3 Å². The Morgan fingerprint density at radius 1 is 1.28 bits per heavy atom. The Morgan fingerprint density at radius 2 is 2.12 bits per heavy atom. The number of hydrogen-bond acceptors (Lipinski definition) is 4. The molecule has 0 spiro atoms. The number of alkyl halides is 3. The number of hydrogen-bond donors (Lipinski definition) is 1. The van der Waals surface area contributed by atoms with Gasteiger partial charge in [-0.2, -0.15) is 18.3 Å². The zero-order valence-corrected chi connectivity index (χ0v) is 12.8. The van der Waals surface area contributed by atoms with E-state index >= 15 is 0 Å². The van der Waals surface area contributed by atoms with Crippen molar-refractivity contribution in [2.45, 2.75) is 12.7 Å². The highest BCUT2D eigenvalue weighted by molar-refractivity contribution is 5.99. The molecule has 0 unspecified atom stereocenters. The van der Waals surface area contributed by atoms with E-state index < -0.39 is 12.8 Å². The summed E-state index contributed by atoms with van der Waals surface area (Å²) in [5.74, 6) is -0.294. The van der Waals surface area contributed by atoms with Gasteiger partial charge in [0.25, 0.3) is 5.91 Å². The number of ether oxygens (including phenoxy) is 1. The first-order chi connectivity index (χ1) is 11.9. The first-order valence-electron chi connectivity index (χ1n) is 7.27. The third kappa shape index (κ3) is 4.25. The van der Waals surface area contributed by atoms with Crippen LogP contribution in [0.4, 0.5) is 13.2 Å². The largest absolute Gasteiger partial charge is 0.484 e. The molecule has 0 aliphatic carbocycles. The monoisotopic (exact) mass is 350 g/mol. The van der Waals surface area contributed by atoms with E-state index in [1.807, 2.05) is 0 Å². The second-order valence-electron chi connectivity index (χ2n) is 5.18. The van der Waals surface area contributed by atoms with Crippen LogP contribution >= 0.6 is 0 Å². The van der Waals surface area contributed by atoms with Gasteiger partial charge < -0.3 is 10.1 Å². The Kier molecular flexibility index (Phi) is 4.55. The van der Waals surface area contributed by atoms with Crippen molar-refractivity contribution in [2.24, 2.45) is 0 Å². The summed E-state index contributed by atoms with van der Waals surface area (Å²) in [6.45, 7) is -1.23. The quantitative estimate of drug-likeness (QED) is 0.768. The van der Waals surface area contributed by atoms with Gasteiger partial charge in [0, 0.05) is 18.9 Å². The number of nitrogens with one attached hydrogen (secondary N) is 1. The smallest absolute Gasteiger partial charge is 0.422 e. The minimum atomic E-state index is -4.40. The average molecular weight is 350 g/mol. The van der Waals surface area contributed by atoms with E-state index in [1.54, 1.807) is 30.6 Å². The fourth-order valence-corrected chi connectivity index (χ4v) is 2.18. The van der Waals surface area contributed by atoms with Crippen molar-refractivity contribution >= 4 is 11.6 Å². The number of halogens is 3. The minimum Gasteiger partial charge on any atom is -0.484 e. The maximum absolute atomic E-state index is 12.3. The van der Waals surface area contributed by atoms with Gasteiger partial charge in [-0.3, -0.25) is 4.79 Å². The van der Waals surface area contributed by atoms with Crippen LogP contribution < -0.4 is 10.1 Å². The molecule has 3 aromatic rings. The molecule has 1 N–H and O–H groups in total. The summed E-state index contributed by atoms with van der Waals surface area (Å²) in [6, 6.07) is 7.79. The molecule has 0 bridgehead atoms. The predicted molar refractivity (Wildman–Crippen MR) is 82.1 cm³/mol. The molecule has 0 atom stereocenters. The molecule has 0 aliphatic heterocycles. The van der Waals surface area contributed by atoms with Crippen LogP contribution in [-0.2, 0) is 6.54 Å². The van der Waals surface area contributed by atoms with Crippen LogP contribution in [0.5, 0.6) is 5.75 Å². The highest BCUT2D eigenvalue weighted by Crippen LogP contribution is 2.19. The van der Waals surface area contributed by atoms with Crippen molar-refractivity contribution in [1.29, 1.82) is 0 Å². The van der Waals surface area contributed by atoms with Crippen molar-refractivity contribution < 1.29 is 22.7 Å². The van der Waals surface area contributed by atoms with E-state index in [0.29, 0.717) is 16.8 Å². The van der Waals surface area contributed by atoms with E-state index in [1.165, 1.54) is 22.8 Å². The van der Waals surface area contributed by atoms with Gasteiger partial charge in [0.05, 0.1) is 6.20 Å².